The molecule has 182 valence electrons. The first-order valence-corrected chi connectivity index (χ1v) is 11.2. The summed E-state index contributed by atoms with van der Waals surface area (Å²) in [5, 5.41) is 9.24. The van der Waals surface area contributed by atoms with Crippen molar-refractivity contribution in [3.8, 4) is 17.3 Å². The number of fused-ring (bicyclic) bond motifs is 2. The van der Waals surface area contributed by atoms with E-state index in [9.17, 15) is 19.5 Å². The molecule has 0 aromatic heterocycles. The molecule has 0 fully saturated rings. The summed E-state index contributed by atoms with van der Waals surface area (Å²) < 4.78 is 7.04. The van der Waals surface area contributed by atoms with Gasteiger partial charge in [-0.05, 0) is 54.8 Å². The van der Waals surface area contributed by atoms with Gasteiger partial charge in [-0.3, -0.25) is 19.5 Å². The highest BCUT2D eigenvalue weighted by molar-refractivity contribution is 5.81. The first-order chi connectivity index (χ1) is 16.7. The Morgan fingerprint density at radius 2 is 1.80 bits per heavy atom. The quantitative estimate of drug-likeness (QED) is 0.351. The van der Waals surface area contributed by atoms with Gasteiger partial charge in [-0.1, -0.05) is 12.1 Å². The predicted molar refractivity (Wildman–Crippen MR) is 131 cm³/mol. The Morgan fingerprint density at radius 3 is 2.49 bits per heavy atom. The molecule has 0 amide bonds. The number of rotatable bonds is 9. The van der Waals surface area contributed by atoms with Crippen molar-refractivity contribution in [2.45, 2.75) is 33.4 Å². The van der Waals surface area contributed by atoms with Gasteiger partial charge in [0.2, 0.25) is 0 Å². The Kier molecular flexibility index (Phi) is 6.92. The van der Waals surface area contributed by atoms with Gasteiger partial charge in [0.05, 0.1) is 24.6 Å². The molecule has 0 saturated carbocycles. The van der Waals surface area contributed by atoms with Crippen LogP contribution >= 0.6 is 0 Å². The van der Waals surface area contributed by atoms with Gasteiger partial charge in [0.25, 0.3) is 5.56 Å². The van der Waals surface area contributed by atoms with Crippen molar-refractivity contribution < 1.29 is 14.6 Å². The SMILES string of the molecule is COc1ccc(CN(CCC(=O)O)CCn2c3nc(=O)[nH]c(=O)c-3nc3cc(C)c(C)cc32)cc1. The van der Waals surface area contributed by atoms with E-state index in [4.69, 9.17) is 4.74 Å². The van der Waals surface area contributed by atoms with Crippen LogP contribution in [0.3, 0.4) is 0 Å². The number of hydrogen-bond acceptors (Lipinski definition) is 7. The van der Waals surface area contributed by atoms with E-state index >= 15 is 0 Å². The molecule has 0 saturated heterocycles. The highest BCUT2D eigenvalue weighted by Crippen LogP contribution is 2.24. The molecule has 2 heterocycles. The van der Waals surface area contributed by atoms with E-state index in [1.54, 1.807) is 7.11 Å². The van der Waals surface area contributed by atoms with Crippen molar-refractivity contribution >= 4 is 17.0 Å². The fourth-order valence-electron chi connectivity index (χ4n) is 4.03. The normalized spacial score (nSPS) is 11.4. The predicted octanol–water partition coefficient (Wildman–Crippen LogP) is 2.19. The Morgan fingerprint density at radius 1 is 1.09 bits per heavy atom. The molecule has 2 N–H and O–H groups in total. The fourth-order valence-corrected chi connectivity index (χ4v) is 4.03. The second-order valence-electron chi connectivity index (χ2n) is 8.50. The molecule has 0 bridgehead atoms. The Hall–Kier alpha value is -4.05. The van der Waals surface area contributed by atoms with Gasteiger partial charge in [-0.25, -0.2) is 9.78 Å². The fraction of sp³-hybridized carbons (Fsp3) is 0.320. The number of carboxylic acid groups (broad SMARTS) is 1. The maximum atomic E-state index is 12.5. The summed E-state index contributed by atoms with van der Waals surface area (Å²) in [6.45, 7) is 5.66. The summed E-state index contributed by atoms with van der Waals surface area (Å²) in [4.78, 5) is 48.5. The van der Waals surface area contributed by atoms with Crippen LogP contribution in [0.25, 0.3) is 22.6 Å². The second-order valence-corrected chi connectivity index (χ2v) is 8.50. The Balaban J connectivity index is 1.72. The largest absolute Gasteiger partial charge is 0.497 e. The lowest BCUT2D eigenvalue weighted by atomic mass is 10.1. The van der Waals surface area contributed by atoms with E-state index in [0.29, 0.717) is 31.7 Å². The van der Waals surface area contributed by atoms with Crippen LogP contribution in [-0.4, -0.2) is 55.7 Å². The first kappa shape index (κ1) is 24.1. The van der Waals surface area contributed by atoms with Gasteiger partial charge in [-0.15, -0.1) is 0 Å². The molecule has 10 heteroatoms. The second kappa shape index (κ2) is 10.1. The standard InChI is InChI=1S/C25H27N5O5/c1-15-12-19-20(13-16(15)2)30(23-22(26-19)24(33)28-25(34)27-23)11-10-29(9-8-21(31)32)14-17-4-6-18(35-3)7-5-17/h4-7,12-13H,8-11,14H2,1-3H3,(H,31,32)(H,28,33,34). The van der Waals surface area contributed by atoms with Gasteiger partial charge in [0.15, 0.2) is 11.5 Å². The van der Waals surface area contributed by atoms with Crippen LogP contribution in [-0.2, 0) is 17.9 Å². The zero-order chi connectivity index (χ0) is 25.1. The molecular weight excluding hydrogens is 450 g/mol. The first-order valence-electron chi connectivity index (χ1n) is 11.2. The topological polar surface area (TPSA) is 130 Å². The van der Waals surface area contributed by atoms with Crippen LogP contribution in [0.5, 0.6) is 5.75 Å². The molecule has 0 spiro atoms. The van der Waals surface area contributed by atoms with Gasteiger partial charge < -0.3 is 14.4 Å². The maximum absolute atomic E-state index is 12.5. The number of nitrogens with zero attached hydrogens (tertiary/aromatic N) is 4. The lowest BCUT2D eigenvalue weighted by Gasteiger charge is -2.24. The average molecular weight is 478 g/mol. The Labute approximate surface area is 201 Å². The van der Waals surface area contributed by atoms with Crippen LogP contribution < -0.4 is 16.0 Å². The Bertz CT molecular complexity index is 1460. The molecule has 2 aliphatic heterocycles. The van der Waals surface area contributed by atoms with E-state index in [1.807, 2.05) is 59.7 Å². The minimum atomic E-state index is -0.882. The van der Waals surface area contributed by atoms with Crippen LogP contribution in [0.15, 0.2) is 46.0 Å². The van der Waals surface area contributed by atoms with Crippen molar-refractivity contribution in [3.63, 3.8) is 0 Å². The third-order valence-corrected chi connectivity index (χ3v) is 6.07. The highest BCUT2D eigenvalue weighted by atomic mass is 16.5. The van der Waals surface area contributed by atoms with Crippen molar-refractivity contribution in [2.24, 2.45) is 0 Å². The van der Waals surface area contributed by atoms with E-state index < -0.39 is 17.2 Å². The molecule has 35 heavy (non-hydrogen) atoms. The molecule has 4 rings (SSSR count). The number of aromatic nitrogens is 4. The van der Waals surface area contributed by atoms with E-state index in [1.165, 1.54) is 0 Å². The molecule has 0 radical (unpaired) electrons. The minimum absolute atomic E-state index is 0.0143. The van der Waals surface area contributed by atoms with E-state index in [0.717, 1.165) is 28.0 Å². The van der Waals surface area contributed by atoms with Crippen molar-refractivity contribution in [1.82, 2.24) is 24.4 Å². The van der Waals surface area contributed by atoms with Gasteiger partial charge in [0, 0.05) is 26.2 Å². The summed E-state index contributed by atoms with van der Waals surface area (Å²) >= 11 is 0. The molecule has 2 aliphatic rings. The van der Waals surface area contributed by atoms with Gasteiger partial charge >= 0.3 is 11.7 Å². The van der Waals surface area contributed by atoms with Crippen LogP contribution in [0.4, 0.5) is 0 Å². The third-order valence-electron chi connectivity index (χ3n) is 6.07. The molecule has 10 nitrogen and oxygen atoms in total. The number of aliphatic carboxylic acids is 1. The highest BCUT2D eigenvalue weighted by Gasteiger charge is 2.20. The summed E-state index contributed by atoms with van der Waals surface area (Å²) in [5.41, 5.74) is 3.22. The maximum Gasteiger partial charge on any atom is 0.349 e. The van der Waals surface area contributed by atoms with Gasteiger partial charge in [-0.2, -0.15) is 4.98 Å². The summed E-state index contributed by atoms with van der Waals surface area (Å²) in [7, 11) is 1.60. The van der Waals surface area contributed by atoms with Gasteiger partial charge in [0.1, 0.15) is 5.75 Å². The molecule has 2 aromatic rings. The molecular formula is C25H27N5O5. The molecule has 0 unspecified atom stereocenters. The lowest BCUT2D eigenvalue weighted by Crippen LogP contribution is -2.32. The minimum Gasteiger partial charge on any atom is -0.497 e. The summed E-state index contributed by atoms with van der Waals surface area (Å²) in [6.07, 6.45) is -0.0143. The summed E-state index contributed by atoms with van der Waals surface area (Å²) in [5.74, 6) is 0.0659. The number of H-pyrrole nitrogens is 1. The van der Waals surface area contributed by atoms with Crippen LogP contribution in [0.2, 0.25) is 0 Å². The average Bonchev–Trinajstić information content (AvgIpc) is 2.82. The van der Waals surface area contributed by atoms with Crippen molar-refractivity contribution in [1.29, 1.82) is 0 Å². The van der Waals surface area contributed by atoms with Crippen LogP contribution in [0.1, 0.15) is 23.1 Å². The number of aromatic amines is 1. The number of ether oxygens (including phenoxy) is 1. The summed E-state index contributed by atoms with van der Waals surface area (Å²) in [6, 6.07) is 11.5. The number of nitrogens with one attached hydrogen (secondary N) is 1. The zero-order valence-corrected chi connectivity index (χ0v) is 19.9. The van der Waals surface area contributed by atoms with Crippen molar-refractivity contribution in [3.05, 3.63) is 73.9 Å². The molecule has 0 atom stereocenters. The van der Waals surface area contributed by atoms with E-state index in [2.05, 4.69) is 15.0 Å². The number of methoxy groups -OCH3 is 1. The molecule has 0 aliphatic carbocycles. The number of benzene rings is 2. The van der Waals surface area contributed by atoms with Crippen LogP contribution in [0, 0.1) is 13.8 Å². The number of carboxylic acids is 1. The lowest BCUT2D eigenvalue weighted by molar-refractivity contribution is -0.137. The number of carbonyl (C=O) groups is 1. The van der Waals surface area contributed by atoms with Crippen molar-refractivity contribution in [2.75, 3.05) is 20.2 Å². The number of hydrogen-bond donors (Lipinski definition) is 2. The zero-order valence-electron chi connectivity index (χ0n) is 19.9. The van der Waals surface area contributed by atoms with E-state index in [-0.39, 0.29) is 17.9 Å². The monoisotopic (exact) mass is 477 g/mol. The number of aryl methyl sites for hydroxylation is 2. The molecule has 2 aromatic carbocycles. The third kappa shape index (κ3) is 5.38. The smallest absolute Gasteiger partial charge is 0.349 e.